The summed E-state index contributed by atoms with van der Waals surface area (Å²) in [6, 6.07) is 2.90. The zero-order chi connectivity index (χ0) is 12.7. The van der Waals surface area contributed by atoms with E-state index in [9.17, 15) is 0 Å². The van der Waals surface area contributed by atoms with Gasteiger partial charge in [0.1, 0.15) is 17.0 Å². The molecule has 2 unspecified atom stereocenters. The topological polar surface area (TPSA) is 29.0 Å². The lowest BCUT2D eigenvalue weighted by atomic mass is 9.78. The van der Waals surface area contributed by atoms with Crippen LogP contribution in [-0.2, 0) is 0 Å². The summed E-state index contributed by atoms with van der Waals surface area (Å²) in [6.45, 7) is 1.17. The molecule has 4 rings (SSSR count). The maximum absolute atomic E-state index is 4.62. The Labute approximate surface area is 117 Å². The highest BCUT2D eigenvalue weighted by Crippen LogP contribution is 2.39. The predicted octanol–water partition coefficient (Wildman–Crippen LogP) is 3.85. The van der Waals surface area contributed by atoms with Crippen LogP contribution in [0.25, 0.3) is 10.2 Å². The molecule has 4 heteroatoms. The van der Waals surface area contributed by atoms with E-state index < -0.39 is 0 Å². The minimum atomic E-state index is 0.723. The fourth-order valence-electron chi connectivity index (χ4n) is 3.89. The average molecular weight is 273 g/mol. The van der Waals surface area contributed by atoms with Crippen LogP contribution in [0.15, 0.2) is 17.8 Å². The van der Waals surface area contributed by atoms with Crippen LogP contribution in [0.4, 0.5) is 5.82 Å². The molecule has 19 heavy (non-hydrogen) atoms. The molecule has 2 aliphatic rings. The predicted molar refractivity (Wildman–Crippen MR) is 79.7 cm³/mol. The SMILES string of the molecule is c1nc(N2CCCC3CCCCC32)c2ccsc2n1. The third-order valence-electron chi connectivity index (χ3n) is 4.76. The Hall–Kier alpha value is -1.16. The molecule has 3 heterocycles. The molecule has 1 saturated heterocycles. The molecule has 100 valence electrons. The van der Waals surface area contributed by atoms with Crippen LogP contribution in [0, 0.1) is 5.92 Å². The molecule has 0 radical (unpaired) electrons. The first-order valence-corrected chi connectivity index (χ1v) is 8.26. The van der Waals surface area contributed by atoms with Crippen molar-refractivity contribution in [1.82, 2.24) is 9.97 Å². The lowest BCUT2D eigenvalue weighted by Gasteiger charge is -2.44. The third-order valence-corrected chi connectivity index (χ3v) is 5.58. The van der Waals surface area contributed by atoms with Gasteiger partial charge in [-0.1, -0.05) is 12.8 Å². The van der Waals surface area contributed by atoms with Gasteiger partial charge in [-0.05, 0) is 43.0 Å². The van der Waals surface area contributed by atoms with E-state index in [0.717, 1.165) is 16.8 Å². The summed E-state index contributed by atoms with van der Waals surface area (Å²) in [6.07, 6.45) is 10.0. The van der Waals surface area contributed by atoms with Crippen LogP contribution in [0.1, 0.15) is 38.5 Å². The summed E-state index contributed by atoms with van der Waals surface area (Å²) >= 11 is 1.72. The van der Waals surface area contributed by atoms with Crippen LogP contribution < -0.4 is 4.90 Å². The molecule has 2 atom stereocenters. The lowest BCUT2D eigenvalue weighted by molar-refractivity contribution is 0.243. The minimum Gasteiger partial charge on any atom is -0.353 e. The molecule has 0 amide bonds. The zero-order valence-corrected chi connectivity index (χ0v) is 11.9. The van der Waals surface area contributed by atoms with Gasteiger partial charge >= 0.3 is 0 Å². The van der Waals surface area contributed by atoms with Gasteiger partial charge in [0.15, 0.2) is 0 Å². The Morgan fingerprint density at radius 1 is 1.11 bits per heavy atom. The highest BCUT2D eigenvalue weighted by Gasteiger charge is 2.34. The van der Waals surface area contributed by atoms with Gasteiger partial charge in [0.05, 0.1) is 5.39 Å². The van der Waals surface area contributed by atoms with Gasteiger partial charge in [-0.15, -0.1) is 11.3 Å². The van der Waals surface area contributed by atoms with Crippen molar-refractivity contribution < 1.29 is 0 Å². The normalized spacial score (nSPS) is 27.5. The summed E-state index contributed by atoms with van der Waals surface area (Å²) < 4.78 is 0. The summed E-state index contributed by atoms with van der Waals surface area (Å²) in [5.41, 5.74) is 0. The van der Waals surface area contributed by atoms with Crippen molar-refractivity contribution in [3.63, 3.8) is 0 Å². The highest BCUT2D eigenvalue weighted by atomic mass is 32.1. The molecular weight excluding hydrogens is 254 g/mol. The molecule has 0 aromatic carbocycles. The van der Waals surface area contributed by atoms with Gasteiger partial charge in [-0.3, -0.25) is 0 Å². The molecule has 0 spiro atoms. The maximum atomic E-state index is 4.62. The summed E-state index contributed by atoms with van der Waals surface area (Å²) in [4.78, 5) is 12.7. The van der Waals surface area contributed by atoms with Gasteiger partial charge < -0.3 is 4.90 Å². The van der Waals surface area contributed by atoms with Crippen molar-refractivity contribution in [3.8, 4) is 0 Å². The Morgan fingerprint density at radius 2 is 2.00 bits per heavy atom. The first kappa shape index (κ1) is 11.6. The summed E-state index contributed by atoms with van der Waals surface area (Å²) in [5, 5.41) is 3.38. The molecule has 0 bridgehead atoms. The number of rotatable bonds is 1. The van der Waals surface area contributed by atoms with E-state index in [2.05, 4.69) is 26.3 Å². The number of nitrogens with zero attached hydrogens (tertiary/aromatic N) is 3. The van der Waals surface area contributed by atoms with E-state index in [1.807, 2.05) is 0 Å². The molecule has 1 aliphatic heterocycles. The number of hydrogen-bond acceptors (Lipinski definition) is 4. The van der Waals surface area contributed by atoms with Crippen molar-refractivity contribution in [2.75, 3.05) is 11.4 Å². The van der Waals surface area contributed by atoms with Crippen LogP contribution in [0.2, 0.25) is 0 Å². The van der Waals surface area contributed by atoms with Gasteiger partial charge in [0, 0.05) is 12.6 Å². The van der Waals surface area contributed by atoms with Crippen molar-refractivity contribution in [2.45, 2.75) is 44.6 Å². The quantitative estimate of drug-likeness (QED) is 0.790. The zero-order valence-electron chi connectivity index (χ0n) is 11.1. The largest absolute Gasteiger partial charge is 0.353 e. The van der Waals surface area contributed by atoms with Gasteiger partial charge in [-0.25, -0.2) is 9.97 Å². The van der Waals surface area contributed by atoms with Gasteiger partial charge in [-0.2, -0.15) is 0 Å². The molecule has 2 fully saturated rings. The van der Waals surface area contributed by atoms with E-state index in [-0.39, 0.29) is 0 Å². The smallest absolute Gasteiger partial charge is 0.141 e. The first-order valence-electron chi connectivity index (χ1n) is 7.38. The van der Waals surface area contributed by atoms with Crippen LogP contribution in [0.3, 0.4) is 0 Å². The Morgan fingerprint density at radius 3 is 3.00 bits per heavy atom. The van der Waals surface area contributed by atoms with Crippen molar-refractivity contribution in [2.24, 2.45) is 5.92 Å². The third kappa shape index (κ3) is 1.93. The highest BCUT2D eigenvalue weighted by molar-refractivity contribution is 7.16. The second kappa shape index (κ2) is 4.75. The number of piperidine rings is 1. The van der Waals surface area contributed by atoms with Crippen molar-refractivity contribution in [1.29, 1.82) is 0 Å². The van der Waals surface area contributed by atoms with E-state index >= 15 is 0 Å². The van der Waals surface area contributed by atoms with Gasteiger partial charge in [0.25, 0.3) is 0 Å². The second-order valence-corrected chi connectivity index (χ2v) is 6.68. The van der Waals surface area contributed by atoms with Crippen molar-refractivity contribution in [3.05, 3.63) is 17.8 Å². The fourth-order valence-corrected chi connectivity index (χ4v) is 4.62. The summed E-state index contributed by atoms with van der Waals surface area (Å²) in [7, 11) is 0. The minimum absolute atomic E-state index is 0.723. The fraction of sp³-hybridized carbons (Fsp3) is 0.600. The van der Waals surface area contributed by atoms with E-state index in [1.165, 1.54) is 56.3 Å². The molecule has 1 saturated carbocycles. The monoisotopic (exact) mass is 273 g/mol. The number of anilines is 1. The molecular formula is C15H19N3S. The Bertz CT molecular complexity index is 578. The van der Waals surface area contributed by atoms with Crippen LogP contribution >= 0.6 is 11.3 Å². The summed E-state index contributed by atoms with van der Waals surface area (Å²) in [5.74, 6) is 2.08. The molecule has 1 aliphatic carbocycles. The lowest BCUT2D eigenvalue weighted by Crippen LogP contribution is -2.47. The Kier molecular flexibility index (Phi) is 2.91. The maximum Gasteiger partial charge on any atom is 0.141 e. The number of aromatic nitrogens is 2. The van der Waals surface area contributed by atoms with Crippen molar-refractivity contribution >= 4 is 27.4 Å². The molecule has 2 aromatic rings. The molecule has 0 N–H and O–H groups in total. The number of hydrogen-bond donors (Lipinski definition) is 0. The average Bonchev–Trinajstić information content (AvgIpc) is 2.95. The molecule has 2 aromatic heterocycles. The van der Waals surface area contributed by atoms with E-state index in [0.29, 0.717) is 0 Å². The number of fused-ring (bicyclic) bond motifs is 2. The van der Waals surface area contributed by atoms with E-state index in [1.54, 1.807) is 17.7 Å². The Balaban J connectivity index is 1.75. The van der Waals surface area contributed by atoms with Crippen LogP contribution in [-0.4, -0.2) is 22.6 Å². The second-order valence-electron chi connectivity index (χ2n) is 5.78. The molecule has 3 nitrogen and oxygen atoms in total. The van der Waals surface area contributed by atoms with Crippen LogP contribution in [0.5, 0.6) is 0 Å². The standard InChI is InChI=1S/C15H19N3S/c1-2-6-13-11(4-1)5-3-8-18(13)14-12-7-9-19-15(12)17-10-16-14/h7,9-11,13H,1-6,8H2. The first-order chi connectivity index (χ1) is 9.43. The van der Waals surface area contributed by atoms with Gasteiger partial charge in [0.2, 0.25) is 0 Å². The van der Waals surface area contributed by atoms with E-state index in [4.69, 9.17) is 0 Å². The number of thiophene rings is 1.